The second-order valence-electron chi connectivity index (χ2n) is 9.96. The first-order valence-corrected chi connectivity index (χ1v) is 13.9. The fourth-order valence-corrected chi connectivity index (χ4v) is 4.79. The largest absolute Gasteiger partial charge is 0.465 e. The highest BCUT2D eigenvalue weighted by Crippen LogP contribution is 2.33. The van der Waals surface area contributed by atoms with Crippen LogP contribution in [0.25, 0.3) is 0 Å². The van der Waals surface area contributed by atoms with E-state index in [1.165, 1.54) is 13.3 Å². The summed E-state index contributed by atoms with van der Waals surface area (Å²) >= 11 is 0. The van der Waals surface area contributed by atoms with E-state index in [1.54, 1.807) is 115 Å². The van der Waals surface area contributed by atoms with E-state index in [4.69, 9.17) is 23.7 Å². The van der Waals surface area contributed by atoms with Crippen LogP contribution in [0.1, 0.15) is 53.4 Å². The molecule has 2 heterocycles. The van der Waals surface area contributed by atoms with E-state index >= 15 is 0 Å². The Hall–Kier alpha value is -5.35. The molecule has 0 N–H and O–H groups in total. The summed E-state index contributed by atoms with van der Waals surface area (Å²) in [6, 6.07) is 28.3. The van der Waals surface area contributed by atoms with Crippen LogP contribution in [-0.4, -0.2) is 55.9 Å². The molecule has 0 spiro atoms. The van der Waals surface area contributed by atoms with Crippen LogP contribution in [0.2, 0.25) is 0 Å². The van der Waals surface area contributed by atoms with Crippen LogP contribution < -0.4 is 4.57 Å². The van der Waals surface area contributed by atoms with Gasteiger partial charge in [-0.25, -0.2) is 19.2 Å². The maximum absolute atomic E-state index is 13.4. The molecular weight excluding hydrogens is 566 g/mol. The number of pyridine rings is 1. The van der Waals surface area contributed by atoms with Crippen LogP contribution in [0, 0.1) is 6.92 Å². The Bertz CT molecular complexity index is 1630. The molecule has 1 aliphatic rings. The molecule has 4 atom stereocenters. The highest BCUT2D eigenvalue weighted by atomic mass is 16.7. The van der Waals surface area contributed by atoms with E-state index < -0.39 is 48.4 Å². The SMILES string of the molecule is COC(=O)c1ccc(C)[n+](C2OC(COC(=O)c3ccccc3)C(OC(=O)c3ccccc3)C2OC(=O)c2ccccc2)c1. The van der Waals surface area contributed by atoms with Crippen molar-refractivity contribution in [2.75, 3.05) is 13.7 Å². The zero-order chi connectivity index (χ0) is 31.1. The molecule has 10 nitrogen and oxygen atoms in total. The summed E-state index contributed by atoms with van der Waals surface area (Å²) in [5, 5.41) is 0. The van der Waals surface area contributed by atoms with Gasteiger partial charge in [0.15, 0.2) is 18.0 Å². The van der Waals surface area contributed by atoms with Crippen molar-refractivity contribution in [2.45, 2.75) is 31.5 Å². The second kappa shape index (κ2) is 13.7. The number of aryl methyl sites for hydroxylation is 1. The minimum Gasteiger partial charge on any atom is -0.465 e. The van der Waals surface area contributed by atoms with Crippen LogP contribution in [0.3, 0.4) is 0 Å². The number of ether oxygens (including phenoxy) is 5. The lowest BCUT2D eigenvalue weighted by Crippen LogP contribution is -2.50. The maximum Gasteiger partial charge on any atom is 0.343 e. The first kappa shape index (κ1) is 30.1. The molecule has 10 heteroatoms. The van der Waals surface area contributed by atoms with Gasteiger partial charge in [0.05, 0.1) is 23.8 Å². The Kier molecular flexibility index (Phi) is 9.41. The van der Waals surface area contributed by atoms with Crippen LogP contribution in [0.15, 0.2) is 109 Å². The highest BCUT2D eigenvalue weighted by molar-refractivity contribution is 5.91. The van der Waals surface area contributed by atoms with E-state index in [9.17, 15) is 19.2 Å². The first-order valence-electron chi connectivity index (χ1n) is 13.9. The van der Waals surface area contributed by atoms with Crippen molar-refractivity contribution in [3.05, 3.63) is 137 Å². The molecule has 1 saturated heterocycles. The molecule has 44 heavy (non-hydrogen) atoms. The molecule has 4 aromatic rings. The van der Waals surface area contributed by atoms with Gasteiger partial charge in [0, 0.05) is 13.0 Å². The maximum atomic E-state index is 13.4. The van der Waals surface area contributed by atoms with Gasteiger partial charge in [0.1, 0.15) is 18.3 Å². The van der Waals surface area contributed by atoms with Gasteiger partial charge in [0.25, 0.3) is 0 Å². The predicted molar refractivity (Wildman–Crippen MR) is 155 cm³/mol. The summed E-state index contributed by atoms with van der Waals surface area (Å²) < 4.78 is 30.4. The summed E-state index contributed by atoms with van der Waals surface area (Å²) in [7, 11) is 1.26. The molecule has 0 aliphatic carbocycles. The van der Waals surface area contributed by atoms with Crippen molar-refractivity contribution in [2.24, 2.45) is 0 Å². The van der Waals surface area contributed by atoms with Crippen LogP contribution in [-0.2, 0) is 23.7 Å². The quantitative estimate of drug-likeness (QED) is 0.159. The van der Waals surface area contributed by atoms with Gasteiger partial charge < -0.3 is 23.7 Å². The molecule has 3 aromatic carbocycles. The average Bonchev–Trinajstić information content (AvgIpc) is 3.40. The zero-order valence-electron chi connectivity index (χ0n) is 24.0. The van der Waals surface area contributed by atoms with Gasteiger partial charge in [-0.1, -0.05) is 54.6 Å². The summed E-state index contributed by atoms with van der Waals surface area (Å²) in [5.41, 5.74) is 1.71. The highest BCUT2D eigenvalue weighted by Gasteiger charge is 2.55. The number of methoxy groups -OCH3 is 1. The summed E-state index contributed by atoms with van der Waals surface area (Å²) in [4.78, 5) is 51.9. The number of carbonyl (C=O) groups excluding carboxylic acids is 4. The van der Waals surface area contributed by atoms with Gasteiger partial charge in [-0.2, -0.15) is 4.57 Å². The topological polar surface area (TPSA) is 118 Å². The Balaban J connectivity index is 1.53. The van der Waals surface area contributed by atoms with Crippen LogP contribution in [0.5, 0.6) is 0 Å². The second-order valence-corrected chi connectivity index (χ2v) is 9.96. The Morgan fingerprint density at radius 2 is 1.14 bits per heavy atom. The minimum absolute atomic E-state index is 0.214. The predicted octanol–water partition coefficient (Wildman–Crippen LogP) is 4.27. The molecule has 0 bridgehead atoms. The van der Waals surface area contributed by atoms with Crippen LogP contribution in [0.4, 0.5) is 0 Å². The van der Waals surface area contributed by atoms with E-state index in [-0.39, 0.29) is 23.3 Å². The van der Waals surface area contributed by atoms with E-state index in [2.05, 4.69) is 0 Å². The van der Waals surface area contributed by atoms with Gasteiger partial charge in [-0.05, 0) is 42.5 Å². The fraction of sp³-hybridized carbons (Fsp3) is 0.206. The molecule has 4 unspecified atom stereocenters. The van der Waals surface area contributed by atoms with Crippen molar-refractivity contribution in [1.82, 2.24) is 0 Å². The molecule has 1 aromatic heterocycles. The molecule has 0 saturated carbocycles. The zero-order valence-corrected chi connectivity index (χ0v) is 24.0. The third-order valence-corrected chi connectivity index (χ3v) is 7.06. The lowest BCUT2D eigenvalue weighted by atomic mass is 10.1. The number of carbonyl (C=O) groups is 4. The molecule has 1 fully saturated rings. The molecule has 224 valence electrons. The van der Waals surface area contributed by atoms with Gasteiger partial charge in [-0.3, -0.25) is 0 Å². The molecule has 0 radical (unpaired) electrons. The molecule has 5 rings (SSSR count). The first-order chi connectivity index (χ1) is 21.4. The molecule has 1 aliphatic heterocycles. The van der Waals surface area contributed by atoms with Crippen molar-refractivity contribution < 1.29 is 47.4 Å². The Morgan fingerprint density at radius 3 is 1.66 bits per heavy atom. The minimum atomic E-state index is -1.22. The van der Waals surface area contributed by atoms with E-state index in [0.717, 1.165) is 0 Å². The standard InChI is InChI=1S/C34H30NO9/c1-22-18-19-26(31(36)40-2)20-35(22)30-29(44-34(39)25-16-10-5-11-17-25)28(43-33(38)24-14-8-4-9-15-24)27(42-30)21-41-32(37)23-12-6-3-7-13-23/h3-20,27-30H,21H2,1-2H3/q+1. The number of esters is 4. The molecule has 0 amide bonds. The van der Waals surface area contributed by atoms with Crippen LogP contribution >= 0.6 is 0 Å². The average molecular weight is 597 g/mol. The van der Waals surface area contributed by atoms with Gasteiger partial charge in [0.2, 0.25) is 6.10 Å². The van der Waals surface area contributed by atoms with E-state index in [0.29, 0.717) is 11.3 Å². The monoisotopic (exact) mass is 596 g/mol. The van der Waals surface area contributed by atoms with E-state index in [1.807, 2.05) is 0 Å². The number of aromatic nitrogens is 1. The van der Waals surface area contributed by atoms with Crippen molar-refractivity contribution in [1.29, 1.82) is 0 Å². The lowest BCUT2D eigenvalue weighted by Gasteiger charge is -2.23. The van der Waals surface area contributed by atoms with Crippen molar-refractivity contribution in [3.8, 4) is 0 Å². The number of hydrogen-bond donors (Lipinski definition) is 0. The number of rotatable bonds is 9. The smallest absolute Gasteiger partial charge is 0.343 e. The lowest BCUT2D eigenvalue weighted by molar-refractivity contribution is -0.770. The van der Waals surface area contributed by atoms with Crippen molar-refractivity contribution in [3.63, 3.8) is 0 Å². The third kappa shape index (κ3) is 6.82. The van der Waals surface area contributed by atoms with Gasteiger partial charge >= 0.3 is 30.1 Å². The normalized spacial score (nSPS) is 19.0. The van der Waals surface area contributed by atoms with Crippen molar-refractivity contribution >= 4 is 23.9 Å². The molecular formula is C34H30NO9+. The number of hydrogen-bond acceptors (Lipinski definition) is 9. The Labute approximate surface area is 253 Å². The Morgan fingerprint density at radius 1 is 0.636 bits per heavy atom. The third-order valence-electron chi connectivity index (χ3n) is 7.06. The summed E-state index contributed by atoms with van der Waals surface area (Å²) in [6.45, 7) is 1.45. The summed E-state index contributed by atoms with van der Waals surface area (Å²) in [6.07, 6.45) is -3.06. The number of nitrogens with zero attached hydrogens (tertiary/aromatic N) is 1. The van der Waals surface area contributed by atoms with Gasteiger partial charge in [-0.15, -0.1) is 0 Å². The summed E-state index contributed by atoms with van der Waals surface area (Å²) in [5.74, 6) is -2.57. The fourth-order valence-electron chi connectivity index (χ4n) is 4.79. The number of benzene rings is 3.